The molecule has 0 saturated heterocycles. The molecule has 190 valence electrons. The van der Waals surface area contributed by atoms with Gasteiger partial charge in [0.05, 0.1) is 0 Å². The van der Waals surface area contributed by atoms with E-state index in [-0.39, 0.29) is 23.9 Å². The molecule has 2 fully saturated rings. The van der Waals surface area contributed by atoms with E-state index in [2.05, 4.69) is 41.6 Å². The summed E-state index contributed by atoms with van der Waals surface area (Å²) >= 11 is 1.43. The lowest BCUT2D eigenvalue weighted by molar-refractivity contribution is -0.122. The van der Waals surface area contributed by atoms with E-state index in [4.69, 9.17) is 4.74 Å². The molecule has 1 heterocycles. The van der Waals surface area contributed by atoms with Crippen molar-refractivity contribution in [2.45, 2.75) is 103 Å². The average Bonchev–Trinajstić information content (AvgIpc) is 3.55. The normalized spacial score (nSPS) is 20.7. The second-order valence-electron chi connectivity index (χ2n) is 10.4. The van der Waals surface area contributed by atoms with E-state index in [0.29, 0.717) is 30.6 Å². The first-order valence-corrected chi connectivity index (χ1v) is 14.1. The molecular formula is C28H39N3O3S. The third-order valence-corrected chi connectivity index (χ3v) is 8.20. The SMILES string of the molecule is CC(C)c1ccc(OCc2nc(C(=O)N[C@H]3CCCC[C@@H]3NC(=O)CCC3CCCC3)cs2)cc1. The zero-order valence-electron chi connectivity index (χ0n) is 21.1. The van der Waals surface area contributed by atoms with Crippen LogP contribution in [0, 0.1) is 5.92 Å². The average molecular weight is 498 g/mol. The van der Waals surface area contributed by atoms with Crippen molar-refractivity contribution in [3.05, 3.63) is 45.9 Å². The molecule has 2 aliphatic carbocycles. The van der Waals surface area contributed by atoms with Gasteiger partial charge in [0.25, 0.3) is 5.91 Å². The summed E-state index contributed by atoms with van der Waals surface area (Å²) in [6.45, 7) is 4.67. The predicted octanol–water partition coefficient (Wildman–Crippen LogP) is 5.97. The Morgan fingerprint density at radius 3 is 2.34 bits per heavy atom. The first-order valence-electron chi connectivity index (χ1n) is 13.3. The predicted molar refractivity (Wildman–Crippen MR) is 140 cm³/mol. The Morgan fingerprint density at radius 2 is 1.66 bits per heavy atom. The largest absolute Gasteiger partial charge is 0.486 e. The monoisotopic (exact) mass is 497 g/mol. The molecular weight excluding hydrogens is 458 g/mol. The summed E-state index contributed by atoms with van der Waals surface area (Å²) in [5.41, 5.74) is 1.69. The van der Waals surface area contributed by atoms with Crippen LogP contribution in [0.4, 0.5) is 0 Å². The molecule has 0 radical (unpaired) electrons. The van der Waals surface area contributed by atoms with Crippen LogP contribution in [0.25, 0.3) is 0 Å². The minimum Gasteiger partial charge on any atom is -0.486 e. The summed E-state index contributed by atoms with van der Waals surface area (Å²) in [6, 6.07) is 8.06. The van der Waals surface area contributed by atoms with E-state index in [9.17, 15) is 9.59 Å². The van der Waals surface area contributed by atoms with Crippen LogP contribution < -0.4 is 15.4 Å². The Balaban J connectivity index is 1.25. The van der Waals surface area contributed by atoms with Crippen molar-refractivity contribution in [1.82, 2.24) is 15.6 Å². The highest BCUT2D eigenvalue weighted by molar-refractivity contribution is 7.09. The number of hydrogen-bond acceptors (Lipinski definition) is 5. The molecule has 2 aliphatic rings. The topological polar surface area (TPSA) is 80.3 Å². The van der Waals surface area contributed by atoms with Crippen molar-refractivity contribution in [3.63, 3.8) is 0 Å². The zero-order valence-corrected chi connectivity index (χ0v) is 21.9. The zero-order chi connectivity index (χ0) is 24.6. The molecule has 2 amide bonds. The van der Waals surface area contributed by atoms with Crippen LogP contribution in [0.3, 0.4) is 0 Å². The van der Waals surface area contributed by atoms with Crippen LogP contribution in [-0.4, -0.2) is 28.9 Å². The smallest absolute Gasteiger partial charge is 0.271 e. The summed E-state index contributed by atoms with van der Waals surface area (Å²) in [4.78, 5) is 30.0. The van der Waals surface area contributed by atoms with Crippen molar-refractivity contribution < 1.29 is 14.3 Å². The molecule has 2 N–H and O–H groups in total. The van der Waals surface area contributed by atoms with Gasteiger partial charge in [-0.1, -0.05) is 64.5 Å². The highest BCUT2D eigenvalue weighted by Gasteiger charge is 2.29. The van der Waals surface area contributed by atoms with Crippen molar-refractivity contribution in [2.24, 2.45) is 5.92 Å². The molecule has 2 atom stereocenters. The van der Waals surface area contributed by atoms with Crippen LogP contribution in [0.2, 0.25) is 0 Å². The van der Waals surface area contributed by atoms with Gasteiger partial charge in [0.1, 0.15) is 23.1 Å². The first kappa shape index (κ1) is 25.7. The Bertz CT molecular complexity index is 966. The molecule has 7 heteroatoms. The molecule has 1 aromatic heterocycles. The van der Waals surface area contributed by atoms with Gasteiger partial charge in [0, 0.05) is 23.9 Å². The number of nitrogens with zero attached hydrogens (tertiary/aromatic N) is 1. The fourth-order valence-electron chi connectivity index (χ4n) is 5.21. The number of thiazole rings is 1. The van der Waals surface area contributed by atoms with Gasteiger partial charge in [0.2, 0.25) is 5.91 Å². The molecule has 0 unspecified atom stereocenters. The lowest BCUT2D eigenvalue weighted by Gasteiger charge is -2.32. The number of carbonyl (C=O) groups excluding carboxylic acids is 2. The Hall–Kier alpha value is -2.41. The standard InChI is InChI=1S/C28H39N3O3S/c1-19(2)21-12-14-22(15-13-21)34-17-27-30-25(18-35-27)28(33)31-24-10-6-5-9-23(24)29-26(32)16-11-20-7-3-4-8-20/h12-15,18-20,23-24H,3-11,16-17H2,1-2H3,(H,29,32)(H,31,33)/t23-,24-/m0/s1. The van der Waals surface area contributed by atoms with Gasteiger partial charge in [-0.15, -0.1) is 11.3 Å². The summed E-state index contributed by atoms with van der Waals surface area (Å²) < 4.78 is 5.86. The lowest BCUT2D eigenvalue weighted by atomic mass is 9.90. The summed E-state index contributed by atoms with van der Waals surface area (Å²) in [5.74, 6) is 1.94. The van der Waals surface area contributed by atoms with E-state index in [0.717, 1.165) is 42.9 Å². The molecule has 0 aliphatic heterocycles. The second kappa shape index (κ2) is 12.5. The number of rotatable bonds is 10. The van der Waals surface area contributed by atoms with Crippen LogP contribution >= 0.6 is 11.3 Å². The highest BCUT2D eigenvalue weighted by Crippen LogP contribution is 2.28. The fraction of sp³-hybridized carbons (Fsp3) is 0.607. The lowest BCUT2D eigenvalue weighted by Crippen LogP contribution is -2.53. The fourth-order valence-corrected chi connectivity index (χ4v) is 5.89. The Morgan fingerprint density at radius 1 is 1.00 bits per heavy atom. The van der Waals surface area contributed by atoms with Gasteiger partial charge >= 0.3 is 0 Å². The van der Waals surface area contributed by atoms with E-state index in [1.54, 1.807) is 5.38 Å². The van der Waals surface area contributed by atoms with Crippen LogP contribution in [0.5, 0.6) is 5.75 Å². The van der Waals surface area contributed by atoms with E-state index >= 15 is 0 Å². The molecule has 1 aromatic carbocycles. The quantitative estimate of drug-likeness (QED) is 0.424. The van der Waals surface area contributed by atoms with Gasteiger partial charge in [-0.2, -0.15) is 0 Å². The van der Waals surface area contributed by atoms with E-state index < -0.39 is 0 Å². The summed E-state index contributed by atoms with van der Waals surface area (Å²) in [7, 11) is 0. The Labute approximate surface area is 213 Å². The van der Waals surface area contributed by atoms with Crippen molar-refractivity contribution in [3.8, 4) is 5.75 Å². The van der Waals surface area contributed by atoms with Crippen molar-refractivity contribution in [1.29, 1.82) is 0 Å². The number of benzene rings is 1. The minimum atomic E-state index is -0.175. The molecule has 4 rings (SSSR count). The maximum Gasteiger partial charge on any atom is 0.271 e. The Kier molecular flexibility index (Phi) is 9.18. The first-order chi connectivity index (χ1) is 17.0. The maximum absolute atomic E-state index is 12.9. The number of hydrogen-bond donors (Lipinski definition) is 2. The molecule has 0 bridgehead atoms. The molecule has 2 saturated carbocycles. The number of aromatic nitrogens is 1. The van der Waals surface area contributed by atoms with Crippen molar-refractivity contribution in [2.75, 3.05) is 0 Å². The molecule has 35 heavy (non-hydrogen) atoms. The highest BCUT2D eigenvalue weighted by atomic mass is 32.1. The van der Waals surface area contributed by atoms with E-state index in [1.807, 2.05) is 12.1 Å². The third-order valence-electron chi connectivity index (χ3n) is 7.38. The molecule has 0 spiro atoms. The summed E-state index contributed by atoms with van der Waals surface area (Å²) in [5, 5.41) is 8.91. The van der Waals surface area contributed by atoms with Gasteiger partial charge in [-0.25, -0.2) is 4.98 Å². The van der Waals surface area contributed by atoms with Crippen LogP contribution in [-0.2, 0) is 11.4 Å². The minimum absolute atomic E-state index is 0.000900. The van der Waals surface area contributed by atoms with Gasteiger partial charge in [0.15, 0.2) is 0 Å². The molecule has 2 aromatic rings. The van der Waals surface area contributed by atoms with Gasteiger partial charge in [-0.05, 0) is 48.8 Å². The van der Waals surface area contributed by atoms with E-state index in [1.165, 1.54) is 42.6 Å². The number of nitrogens with one attached hydrogen (secondary N) is 2. The van der Waals surface area contributed by atoms with Crippen LogP contribution in [0.15, 0.2) is 29.6 Å². The second-order valence-corrected chi connectivity index (χ2v) is 11.3. The third kappa shape index (κ3) is 7.53. The molecule has 6 nitrogen and oxygen atoms in total. The van der Waals surface area contributed by atoms with Gasteiger partial charge in [-0.3, -0.25) is 9.59 Å². The van der Waals surface area contributed by atoms with Crippen LogP contribution in [0.1, 0.15) is 105 Å². The number of ether oxygens (including phenoxy) is 1. The van der Waals surface area contributed by atoms with Gasteiger partial charge < -0.3 is 15.4 Å². The van der Waals surface area contributed by atoms with Crippen molar-refractivity contribution >= 4 is 23.2 Å². The summed E-state index contributed by atoms with van der Waals surface area (Å²) in [6.07, 6.45) is 10.6. The number of amides is 2. The number of carbonyl (C=O) groups is 2. The maximum atomic E-state index is 12.9.